The molecule has 13 heteroatoms. The predicted molar refractivity (Wildman–Crippen MR) is 214 cm³/mol. The van der Waals surface area contributed by atoms with Crippen molar-refractivity contribution >= 4 is 50.5 Å². The van der Waals surface area contributed by atoms with E-state index in [-0.39, 0.29) is 54.4 Å². The molecule has 3 aromatic carbocycles. The van der Waals surface area contributed by atoms with E-state index >= 15 is 0 Å². The van der Waals surface area contributed by atoms with Crippen LogP contribution in [-0.4, -0.2) is 112 Å². The molecule has 292 valence electrons. The number of likely N-dealkylation sites (N-methyl/N-ethyl adjacent to an activating group) is 1. The number of carbonyl (C=O) groups is 2. The Morgan fingerprint density at radius 3 is 2.48 bits per heavy atom. The van der Waals surface area contributed by atoms with Crippen molar-refractivity contribution in [3.8, 4) is 22.9 Å². The van der Waals surface area contributed by atoms with E-state index in [9.17, 15) is 24.3 Å². The number of rotatable bonds is 9. The van der Waals surface area contributed by atoms with Crippen LogP contribution in [0.2, 0.25) is 0 Å². The van der Waals surface area contributed by atoms with Gasteiger partial charge >= 0.3 is 6.09 Å². The number of carbonyl (C=O) groups excluding carboxylic acids is 2. The van der Waals surface area contributed by atoms with Gasteiger partial charge in [0.2, 0.25) is 5.91 Å². The van der Waals surface area contributed by atoms with Gasteiger partial charge in [0, 0.05) is 75.9 Å². The van der Waals surface area contributed by atoms with Gasteiger partial charge in [-0.15, -0.1) is 0 Å². The van der Waals surface area contributed by atoms with Crippen molar-refractivity contribution in [2.45, 2.75) is 76.6 Å². The van der Waals surface area contributed by atoms with E-state index in [2.05, 4.69) is 34.5 Å². The number of amides is 2. The highest BCUT2D eigenvalue weighted by Gasteiger charge is 2.56. The molecule has 12 nitrogen and oxygen atoms in total. The molecule has 5 heterocycles. The summed E-state index contributed by atoms with van der Waals surface area (Å²) in [5.41, 5.74) is 3.06. The highest BCUT2D eigenvalue weighted by atomic mass is 19.1. The smallest absolute Gasteiger partial charge is 0.410 e. The van der Waals surface area contributed by atoms with Crippen molar-refractivity contribution in [3.63, 3.8) is 0 Å². The quantitative estimate of drug-likeness (QED) is 0.175. The number of benzene rings is 3. The number of aromatic hydroxyl groups is 1. The van der Waals surface area contributed by atoms with Gasteiger partial charge in [0.15, 0.2) is 5.82 Å². The number of aromatic nitrogens is 3. The zero-order valence-corrected chi connectivity index (χ0v) is 33.1. The molecule has 3 atom stereocenters. The topological polar surface area (TPSA) is 131 Å². The molecule has 5 aromatic rings. The first-order valence-electron chi connectivity index (χ1n) is 19.4. The second-order valence-electron chi connectivity index (χ2n) is 17.0. The van der Waals surface area contributed by atoms with Crippen LogP contribution in [0.25, 0.3) is 43.8 Å². The number of phenols is 1. The van der Waals surface area contributed by atoms with Crippen LogP contribution in [0.15, 0.2) is 42.5 Å². The Morgan fingerprint density at radius 1 is 1.02 bits per heavy atom. The van der Waals surface area contributed by atoms with E-state index < -0.39 is 5.60 Å². The zero-order valence-electron chi connectivity index (χ0n) is 33.1. The number of nitriles is 1. The summed E-state index contributed by atoms with van der Waals surface area (Å²) in [5.74, 6) is 1.01. The lowest BCUT2D eigenvalue weighted by atomic mass is 9.79. The molecule has 0 spiro atoms. The first-order chi connectivity index (χ1) is 26.6. The highest BCUT2D eigenvalue weighted by Crippen LogP contribution is 2.53. The number of anilines is 1. The first kappa shape index (κ1) is 37.4. The molecule has 3 unspecified atom stereocenters. The highest BCUT2D eigenvalue weighted by molar-refractivity contribution is 6.12. The number of ether oxygens (including phenoxy) is 1. The number of aryl methyl sites for hydroxylation is 2. The summed E-state index contributed by atoms with van der Waals surface area (Å²) in [4.78, 5) is 44.9. The van der Waals surface area contributed by atoms with Crippen molar-refractivity contribution in [3.05, 3.63) is 59.7 Å². The van der Waals surface area contributed by atoms with Crippen LogP contribution in [0.4, 0.5) is 15.0 Å². The fraction of sp³-hybridized carbons (Fsp3) is 0.465. The van der Waals surface area contributed by atoms with E-state index in [4.69, 9.17) is 14.7 Å². The summed E-state index contributed by atoms with van der Waals surface area (Å²) < 4.78 is 22.9. The molecule has 1 aliphatic carbocycles. The molecule has 2 aromatic heterocycles. The average molecular weight is 761 g/mol. The maximum atomic E-state index is 14.8. The fourth-order valence-electron chi connectivity index (χ4n) is 8.83. The van der Waals surface area contributed by atoms with Crippen molar-refractivity contribution in [1.82, 2.24) is 29.2 Å². The zero-order chi connectivity index (χ0) is 39.8. The summed E-state index contributed by atoms with van der Waals surface area (Å²) in [7, 11) is 7.59. The molecule has 56 heavy (non-hydrogen) atoms. The third-order valence-corrected chi connectivity index (χ3v) is 11.8. The molecule has 0 radical (unpaired) electrons. The van der Waals surface area contributed by atoms with Gasteiger partial charge in [-0.1, -0.05) is 24.3 Å². The maximum absolute atomic E-state index is 14.8. The third kappa shape index (κ3) is 6.33. The minimum atomic E-state index is -0.651. The van der Waals surface area contributed by atoms with Crippen LogP contribution in [0, 0.1) is 23.1 Å². The van der Waals surface area contributed by atoms with E-state index in [0.29, 0.717) is 83.1 Å². The summed E-state index contributed by atoms with van der Waals surface area (Å²) in [6.07, 6.45) is 1.59. The van der Waals surface area contributed by atoms with Crippen molar-refractivity contribution in [1.29, 1.82) is 5.26 Å². The summed E-state index contributed by atoms with van der Waals surface area (Å²) >= 11 is 0. The number of pyridine rings is 1. The first-order valence-corrected chi connectivity index (χ1v) is 19.4. The number of hydrogen-bond donors (Lipinski definition) is 1. The average Bonchev–Trinajstić information content (AvgIpc) is 3.82. The summed E-state index contributed by atoms with van der Waals surface area (Å²) in [6.45, 7) is 7.54. The number of imidazole rings is 1. The van der Waals surface area contributed by atoms with Crippen molar-refractivity contribution in [2.24, 2.45) is 5.92 Å². The molecule has 2 bridgehead atoms. The molecule has 4 fully saturated rings. The van der Waals surface area contributed by atoms with Crippen LogP contribution >= 0.6 is 0 Å². The predicted octanol–water partition coefficient (Wildman–Crippen LogP) is 6.66. The molecule has 4 aliphatic rings. The molecule has 9 rings (SSSR count). The molecular formula is C43H49FN8O4. The monoisotopic (exact) mass is 760 g/mol. The Kier molecular flexibility index (Phi) is 9.31. The van der Waals surface area contributed by atoms with Gasteiger partial charge in [-0.2, -0.15) is 5.26 Å². The Bertz CT molecular complexity index is 2440. The number of nitrogens with zero attached hydrogens (tertiary/aromatic N) is 8. The maximum Gasteiger partial charge on any atom is 0.410 e. The molecule has 1 saturated carbocycles. The van der Waals surface area contributed by atoms with Gasteiger partial charge in [-0.3, -0.25) is 4.79 Å². The number of fused-ring (bicyclic) bond motifs is 5. The minimum Gasteiger partial charge on any atom is -0.505 e. The van der Waals surface area contributed by atoms with E-state index in [1.807, 2.05) is 49.9 Å². The van der Waals surface area contributed by atoms with Crippen LogP contribution in [0.1, 0.15) is 57.5 Å². The second kappa shape index (κ2) is 13.9. The van der Waals surface area contributed by atoms with Gasteiger partial charge in [-0.25, -0.2) is 19.2 Å². The SMILES string of the molecule is CN(C)C(=O)CCc1nc2c(N3CC(N(C)C)C3)nc3c(O)c(-c4cccc5ccc(F)cc45)c(CCC#N)cc3c2n1C1C2CC1N(C(=O)OC(C)(C)C)C2. The lowest BCUT2D eigenvalue weighted by Crippen LogP contribution is -2.57. The Hall–Kier alpha value is -5.48. The van der Waals surface area contributed by atoms with Gasteiger partial charge < -0.3 is 34.0 Å². The van der Waals surface area contributed by atoms with Gasteiger partial charge in [0.1, 0.15) is 34.0 Å². The van der Waals surface area contributed by atoms with Crippen molar-refractivity contribution < 1.29 is 23.8 Å². The van der Waals surface area contributed by atoms with Crippen LogP contribution in [0.5, 0.6) is 5.75 Å². The van der Waals surface area contributed by atoms with Crippen LogP contribution in [-0.2, 0) is 22.4 Å². The lowest BCUT2D eigenvalue weighted by molar-refractivity contribution is -0.128. The fourth-order valence-corrected chi connectivity index (χ4v) is 8.83. The number of phenolic OH excluding ortho intramolecular Hbond substituents is 1. The molecular weight excluding hydrogens is 712 g/mol. The standard InChI is InChI=1S/C43H49FN8O4/c1-43(2,3)56-42(55)51-21-26-19-32(51)38(26)52-33(15-16-34(53)49(6)7)46-37-39(52)31-18-25(11-9-17-45)35(29-12-8-10-24-13-14-27(44)20-30(24)29)40(54)36(31)47-41(37)50-22-28(23-50)48(4)5/h8,10,12-14,18,20,26,28,32,38,54H,9,11,15-16,19,21-23H2,1-7H3. The van der Waals surface area contributed by atoms with Crippen LogP contribution < -0.4 is 4.90 Å². The molecule has 3 aliphatic heterocycles. The Morgan fingerprint density at radius 2 is 1.79 bits per heavy atom. The van der Waals surface area contributed by atoms with Gasteiger partial charge in [-0.05, 0) is 87.8 Å². The minimum absolute atomic E-state index is 0.0251. The second-order valence-corrected chi connectivity index (χ2v) is 17.0. The molecule has 3 saturated heterocycles. The molecule has 1 N–H and O–H groups in total. The van der Waals surface area contributed by atoms with Crippen LogP contribution in [0.3, 0.4) is 0 Å². The van der Waals surface area contributed by atoms with Crippen molar-refractivity contribution in [2.75, 3.05) is 52.7 Å². The van der Waals surface area contributed by atoms with E-state index in [1.54, 1.807) is 25.1 Å². The Balaban J connectivity index is 1.40. The van der Waals surface area contributed by atoms with Gasteiger partial charge in [0.05, 0.1) is 23.7 Å². The van der Waals surface area contributed by atoms with Gasteiger partial charge in [0.25, 0.3) is 0 Å². The summed E-state index contributed by atoms with van der Waals surface area (Å²) in [6, 6.07) is 14.6. The third-order valence-electron chi connectivity index (χ3n) is 11.8. The number of halogens is 1. The number of hydrogen-bond acceptors (Lipinski definition) is 9. The van der Waals surface area contributed by atoms with E-state index in [0.717, 1.165) is 22.9 Å². The Labute approximate surface area is 326 Å². The van der Waals surface area contributed by atoms with E-state index in [1.165, 1.54) is 12.1 Å². The summed E-state index contributed by atoms with van der Waals surface area (Å²) in [5, 5.41) is 24.5. The normalized spacial score (nSPS) is 19.5. The largest absolute Gasteiger partial charge is 0.505 e. The molecule has 2 amide bonds. The lowest BCUT2D eigenvalue weighted by Gasteiger charge is -2.43.